The minimum absolute atomic E-state index is 0. The molecule has 0 saturated heterocycles. The van der Waals surface area contributed by atoms with Crippen LogP contribution in [0.5, 0.6) is 5.75 Å². The molecule has 0 unspecified atom stereocenters. The summed E-state index contributed by atoms with van der Waals surface area (Å²) in [6.45, 7) is 0. The summed E-state index contributed by atoms with van der Waals surface area (Å²) in [5, 5.41) is 8.61. The maximum atomic E-state index is 10.6. The fraction of sp³-hybridized carbons (Fsp3) is 0. The number of para-hydroxylation sites is 1. The molecule has 0 fully saturated rings. The van der Waals surface area contributed by atoms with Gasteiger partial charge in [0.05, 0.1) is 0 Å². The SMILES string of the molecule is O=C(O)c1ccccc1OS(=O)(=O)O.[KH]. The zero-order valence-corrected chi connectivity index (χ0v) is 7.56. The molecule has 0 radical (unpaired) electrons. The quantitative estimate of drug-likeness (QED) is 0.581. The van der Waals surface area contributed by atoms with Crippen LogP contribution in [0.15, 0.2) is 24.3 Å². The van der Waals surface area contributed by atoms with Crippen LogP contribution in [0.4, 0.5) is 0 Å². The van der Waals surface area contributed by atoms with Crippen LogP contribution in [-0.2, 0) is 10.4 Å². The average molecular weight is 258 g/mol. The van der Waals surface area contributed by atoms with Crippen molar-refractivity contribution in [3.8, 4) is 5.75 Å². The van der Waals surface area contributed by atoms with Crippen molar-refractivity contribution in [2.75, 3.05) is 0 Å². The number of hydrogen-bond donors (Lipinski definition) is 2. The first kappa shape index (κ1) is 15.0. The molecule has 0 aliphatic carbocycles. The van der Waals surface area contributed by atoms with Crippen LogP contribution in [0.1, 0.15) is 10.4 Å². The molecule has 15 heavy (non-hydrogen) atoms. The molecule has 1 aromatic rings. The van der Waals surface area contributed by atoms with Gasteiger partial charge in [-0.1, -0.05) is 12.1 Å². The van der Waals surface area contributed by atoms with Crippen LogP contribution in [0.3, 0.4) is 0 Å². The summed E-state index contributed by atoms with van der Waals surface area (Å²) in [6, 6.07) is 5.06. The van der Waals surface area contributed by atoms with Crippen LogP contribution in [0, 0.1) is 0 Å². The van der Waals surface area contributed by atoms with Gasteiger partial charge in [0.25, 0.3) is 0 Å². The first-order chi connectivity index (χ1) is 6.40. The van der Waals surface area contributed by atoms with Gasteiger partial charge in [-0.25, -0.2) is 4.79 Å². The molecular weight excluding hydrogens is 251 g/mol. The molecule has 0 bridgehead atoms. The summed E-state index contributed by atoms with van der Waals surface area (Å²) in [6.07, 6.45) is 0. The molecule has 0 heterocycles. The molecule has 0 saturated carbocycles. The van der Waals surface area contributed by atoms with Crippen molar-refractivity contribution >= 4 is 67.8 Å². The summed E-state index contributed by atoms with van der Waals surface area (Å²) >= 11 is 0. The number of rotatable bonds is 3. The van der Waals surface area contributed by atoms with Gasteiger partial charge in [0.1, 0.15) is 5.56 Å². The number of carboxylic acids is 1. The zero-order valence-electron chi connectivity index (χ0n) is 6.75. The first-order valence-electron chi connectivity index (χ1n) is 3.39. The third kappa shape index (κ3) is 5.07. The zero-order chi connectivity index (χ0) is 10.8. The van der Waals surface area contributed by atoms with Crippen LogP contribution in [0.25, 0.3) is 0 Å². The second-order valence-electron chi connectivity index (χ2n) is 2.31. The Hall–Kier alpha value is 0.0364. The summed E-state index contributed by atoms with van der Waals surface area (Å²) < 4.78 is 33.0. The van der Waals surface area contributed by atoms with E-state index in [4.69, 9.17) is 9.66 Å². The first-order valence-corrected chi connectivity index (χ1v) is 4.76. The van der Waals surface area contributed by atoms with E-state index in [0.717, 1.165) is 12.1 Å². The summed E-state index contributed by atoms with van der Waals surface area (Å²) in [4.78, 5) is 10.6. The predicted octanol–water partition coefficient (Wildman–Crippen LogP) is -0.0821. The maximum absolute atomic E-state index is 10.6. The van der Waals surface area contributed by atoms with E-state index >= 15 is 0 Å². The predicted molar refractivity (Wildman–Crippen MR) is 52.7 cm³/mol. The van der Waals surface area contributed by atoms with Gasteiger partial charge in [0.15, 0.2) is 5.75 Å². The third-order valence-corrected chi connectivity index (χ3v) is 1.70. The van der Waals surface area contributed by atoms with Crippen LogP contribution >= 0.6 is 0 Å². The molecule has 0 aromatic heterocycles. The summed E-state index contributed by atoms with van der Waals surface area (Å²) in [5.74, 6) is -1.77. The van der Waals surface area contributed by atoms with Crippen molar-refractivity contribution in [3.05, 3.63) is 29.8 Å². The molecule has 0 spiro atoms. The second-order valence-corrected chi connectivity index (χ2v) is 3.33. The molecule has 0 aliphatic heterocycles. The molecule has 0 aliphatic rings. The van der Waals surface area contributed by atoms with Gasteiger partial charge in [0.2, 0.25) is 0 Å². The average Bonchev–Trinajstić information content (AvgIpc) is 2.01. The fourth-order valence-electron chi connectivity index (χ4n) is 0.829. The Morgan fingerprint density at radius 1 is 1.27 bits per heavy atom. The van der Waals surface area contributed by atoms with E-state index in [-0.39, 0.29) is 56.9 Å². The van der Waals surface area contributed by atoms with E-state index in [0.29, 0.717) is 0 Å². The Morgan fingerprint density at radius 2 is 1.80 bits per heavy atom. The summed E-state index contributed by atoms with van der Waals surface area (Å²) in [5.41, 5.74) is -0.342. The van der Waals surface area contributed by atoms with E-state index in [1.807, 2.05) is 0 Å². The topological polar surface area (TPSA) is 101 Å². The van der Waals surface area contributed by atoms with E-state index in [1.54, 1.807) is 0 Å². The van der Waals surface area contributed by atoms with Gasteiger partial charge < -0.3 is 9.29 Å². The standard InChI is InChI=1S/C7H6O6S.K.H/c8-7(9)5-3-1-2-4-6(5)13-14(10,11)12;;/h1-4H,(H,8,9)(H,10,11,12);;. The number of carbonyl (C=O) groups is 1. The van der Waals surface area contributed by atoms with Gasteiger partial charge in [0, 0.05) is 0 Å². The van der Waals surface area contributed by atoms with Crippen molar-refractivity contribution in [3.63, 3.8) is 0 Å². The van der Waals surface area contributed by atoms with E-state index in [9.17, 15) is 13.2 Å². The number of carboxylic acid groups (broad SMARTS) is 1. The van der Waals surface area contributed by atoms with Gasteiger partial charge in [-0.05, 0) is 12.1 Å². The molecule has 78 valence electrons. The van der Waals surface area contributed by atoms with Crippen LogP contribution in [0.2, 0.25) is 0 Å². The molecular formula is C7H7KO6S. The van der Waals surface area contributed by atoms with Gasteiger partial charge in [-0.3, -0.25) is 4.55 Å². The number of aromatic carboxylic acids is 1. The molecule has 0 atom stereocenters. The minimum atomic E-state index is -4.70. The normalized spacial score (nSPS) is 10.2. The van der Waals surface area contributed by atoms with Crippen molar-refractivity contribution in [2.45, 2.75) is 0 Å². The molecule has 0 amide bonds. The summed E-state index contributed by atoms with van der Waals surface area (Å²) in [7, 11) is -4.70. The van der Waals surface area contributed by atoms with Crippen molar-refractivity contribution < 1.29 is 27.1 Å². The molecule has 6 nitrogen and oxygen atoms in total. The Labute approximate surface area is 129 Å². The molecule has 1 rings (SSSR count). The van der Waals surface area contributed by atoms with E-state index < -0.39 is 22.1 Å². The fourth-order valence-corrected chi connectivity index (χ4v) is 1.20. The van der Waals surface area contributed by atoms with Gasteiger partial charge >= 0.3 is 67.8 Å². The van der Waals surface area contributed by atoms with Gasteiger partial charge in [-0.2, -0.15) is 8.42 Å². The molecule has 2 N–H and O–H groups in total. The number of hydrogen-bond acceptors (Lipinski definition) is 4. The van der Waals surface area contributed by atoms with E-state index in [1.165, 1.54) is 12.1 Å². The van der Waals surface area contributed by atoms with Crippen LogP contribution in [-0.4, -0.2) is 75.4 Å². The number of benzene rings is 1. The Bertz CT molecular complexity index is 454. The molecule has 8 heteroatoms. The Kier molecular flexibility index (Phi) is 5.96. The Morgan fingerprint density at radius 3 is 2.27 bits per heavy atom. The van der Waals surface area contributed by atoms with Crippen molar-refractivity contribution in [1.29, 1.82) is 0 Å². The second kappa shape index (κ2) is 5.94. The van der Waals surface area contributed by atoms with Crippen molar-refractivity contribution in [2.24, 2.45) is 0 Å². The van der Waals surface area contributed by atoms with Gasteiger partial charge in [-0.15, -0.1) is 0 Å². The molecule has 1 aromatic carbocycles. The third-order valence-electron chi connectivity index (χ3n) is 1.31. The van der Waals surface area contributed by atoms with Crippen molar-refractivity contribution in [1.82, 2.24) is 0 Å². The Balaban J connectivity index is 0.00000196. The van der Waals surface area contributed by atoms with E-state index in [2.05, 4.69) is 4.18 Å². The van der Waals surface area contributed by atoms with Crippen LogP contribution < -0.4 is 4.18 Å². The monoisotopic (exact) mass is 258 g/mol.